The quantitative estimate of drug-likeness (QED) is 0.536. The van der Waals surface area contributed by atoms with Gasteiger partial charge in [-0.05, 0) is 39.5 Å². The summed E-state index contributed by atoms with van der Waals surface area (Å²) in [4.78, 5) is 31.0. The number of thioether (sulfide) groups is 1. The fourth-order valence-corrected chi connectivity index (χ4v) is 4.19. The van der Waals surface area contributed by atoms with Crippen LogP contribution in [0.15, 0.2) is 5.16 Å². The molecule has 1 aliphatic heterocycles. The Morgan fingerprint density at radius 2 is 2.08 bits per heavy atom. The fraction of sp³-hybridized carbons (Fsp3) is 0.737. The summed E-state index contributed by atoms with van der Waals surface area (Å²) in [6.07, 6.45) is 1.65. The largest absolute Gasteiger partial charge is 0.466 e. The molecule has 6 nitrogen and oxygen atoms in total. The van der Waals surface area contributed by atoms with Gasteiger partial charge in [0.2, 0.25) is 5.91 Å². The second kappa shape index (κ2) is 9.44. The zero-order valence-electron chi connectivity index (χ0n) is 16.6. The third-order valence-electron chi connectivity index (χ3n) is 4.69. The number of ether oxygens (including phenoxy) is 1. The van der Waals surface area contributed by atoms with E-state index in [9.17, 15) is 9.59 Å². The maximum atomic E-state index is 12.6. The molecular formula is C19H31N3O3S. The lowest BCUT2D eigenvalue weighted by Gasteiger charge is -2.31. The van der Waals surface area contributed by atoms with Crippen molar-refractivity contribution < 1.29 is 14.3 Å². The Morgan fingerprint density at radius 3 is 2.73 bits per heavy atom. The van der Waals surface area contributed by atoms with Crippen molar-refractivity contribution in [2.75, 3.05) is 25.4 Å². The van der Waals surface area contributed by atoms with Crippen LogP contribution in [0.3, 0.4) is 0 Å². The van der Waals surface area contributed by atoms with E-state index in [1.165, 1.54) is 11.8 Å². The first kappa shape index (κ1) is 20.8. The smallest absolute Gasteiger partial charge is 0.310 e. The van der Waals surface area contributed by atoms with Crippen molar-refractivity contribution in [3.8, 4) is 0 Å². The highest BCUT2D eigenvalue weighted by atomic mass is 32.2. The van der Waals surface area contributed by atoms with Gasteiger partial charge in [-0.25, -0.2) is 4.98 Å². The van der Waals surface area contributed by atoms with E-state index in [2.05, 4.69) is 30.3 Å². The highest BCUT2D eigenvalue weighted by molar-refractivity contribution is 7.99. The monoisotopic (exact) mass is 381 g/mol. The molecule has 7 heteroatoms. The minimum Gasteiger partial charge on any atom is -0.466 e. The van der Waals surface area contributed by atoms with Gasteiger partial charge in [0.15, 0.2) is 5.16 Å². The normalized spacial score (nSPS) is 17.6. The summed E-state index contributed by atoms with van der Waals surface area (Å²) < 4.78 is 7.32. The number of piperidine rings is 1. The summed E-state index contributed by atoms with van der Waals surface area (Å²) in [7, 11) is 0. The second-order valence-corrected chi connectivity index (χ2v) is 8.23. The standard InChI is InChI=1S/C19H31N3O3S/c1-6-25-18(24)16-8-7-9-21(11-16)17(23)12-26-19-20-14(4)15(5)22(19)10-13(2)3/h13,16H,6-12H2,1-5H3. The number of amides is 1. The van der Waals surface area contributed by atoms with Gasteiger partial charge in [0, 0.05) is 25.3 Å². The number of nitrogens with zero attached hydrogens (tertiary/aromatic N) is 3. The lowest BCUT2D eigenvalue weighted by atomic mass is 9.98. The predicted octanol–water partition coefficient (Wildman–Crippen LogP) is 3.05. The first-order chi connectivity index (χ1) is 12.3. The van der Waals surface area contributed by atoms with E-state index < -0.39 is 0 Å². The van der Waals surface area contributed by atoms with Crippen LogP contribution in [0.4, 0.5) is 0 Å². The molecule has 1 aliphatic rings. The topological polar surface area (TPSA) is 64.4 Å². The van der Waals surface area contributed by atoms with Gasteiger partial charge in [-0.3, -0.25) is 9.59 Å². The summed E-state index contributed by atoms with van der Waals surface area (Å²) in [6.45, 7) is 12.7. The number of likely N-dealkylation sites (tertiary alicyclic amines) is 1. The number of carbonyl (C=O) groups excluding carboxylic acids is 2. The molecule has 2 heterocycles. The van der Waals surface area contributed by atoms with Gasteiger partial charge in [-0.2, -0.15) is 0 Å². The first-order valence-electron chi connectivity index (χ1n) is 9.44. The predicted molar refractivity (Wildman–Crippen MR) is 103 cm³/mol. The molecular weight excluding hydrogens is 350 g/mol. The third-order valence-corrected chi connectivity index (χ3v) is 5.65. The molecule has 1 unspecified atom stereocenters. The van der Waals surface area contributed by atoms with Crippen LogP contribution in [-0.2, 0) is 20.9 Å². The summed E-state index contributed by atoms with van der Waals surface area (Å²) in [5.41, 5.74) is 2.18. The van der Waals surface area contributed by atoms with Gasteiger partial charge in [-0.15, -0.1) is 0 Å². The molecule has 0 bridgehead atoms. The van der Waals surface area contributed by atoms with Gasteiger partial charge in [0.1, 0.15) is 0 Å². The fourth-order valence-electron chi connectivity index (χ4n) is 3.19. The highest BCUT2D eigenvalue weighted by Gasteiger charge is 2.29. The van der Waals surface area contributed by atoms with Gasteiger partial charge >= 0.3 is 5.97 Å². The number of aryl methyl sites for hydroxylation is 1. The summed E-state index contributed by atoms with van der Waals surface area (Å²) >= 11 is 1.49. The Hall–Kier alpha value is -1.50. The Morgan fingerprint density at radius 1 is 1.35 bits per heavy atom. The molecule has 1 fully saturated rings. The lowest BCUT2D eigenvalue weighted by molar-refractivity contribution is -0.151. The van der Waals surface area contributed by atoms with Crippen LogP contribution in [0, 0.1) is 25.7 Å². The number of rotatable bonds is 7. The molecule has 0 N–H and O–H groups in total. The molecule has 146 valence electrons. The van der Waals surface area contributed by atoms with E-state index in [4.69, 9.17) is 4.74 Å². The Bertz CT molecular complexity index is 642. The molecule has 1 saturated heterocycles. The van der Waals surface area contributed by atoms with Crippen molar-refractivity contribution in [1.82, 2.24) is 14.5 Å². The molecule has 26 heavy (non-hydrogen) atoms. The molecule has 1 amide bonds. The minimum atomic E-state index is -0.190. The van der Waals surface area contributed by atoms with Crippen LogP contribution in [0.1, 0.15) is 45.0 Å². The maximum absolute atomic E-state index is 12.6. The Balaban J connectivity index is 1.96. The van der Waals surface area contributed by atoms with Crippen molar-refractivity contribution in [1.29, 1.82) is 0 Å². The van der Waals surface area contributed by atoms with Crippen molar-refractivity contribution in [3.63, 3.8) is 0 Å². The second-order valence-electron chi connectivity index (χ2n) is 7.29. The van der Waals surface area contributed by atoms with Crippen LogP contribution in [0.2, 0.25) is 0 Å². The van der Waals surface area contributed by atoms with E-state index in [1.54, 1.807) is 4.90 Å². The number of imidazole rings is 1. The van der Waals surface area contributed by atoms with Crippen molar-refractivity contribution in [3.05, 3.63) is 11.4 Å². The van der Waals surface area contributed by atoms with Gasteiger partial charge in [0.25, 0.3) is 0 Å². The number of hydrogen-bond donors (Lipinski definition) is 0. The minimum absolute atomic E-state index is 0.0680. The van der Waals surface area contributed by atoms with Crippen LogP contribution < -0.4 is 0 Å². The average molecular weight is 382 g/mol. The molecule has 2 rings (SSSR count). The van der Waals surface area contributed by atoms with Crippen molar-refractivity contribution in [2.45, 2.75) is 59.2 Å². The Labute approximate surface area is 160 Å². The van der Waals surface area contributed by atoms with E-state index in [-0.39, 0.29) is 17.8 Å². The summed E-state index contributed by atoms with van der Waals surface area (Å²) in [5, 5.41) is 0.904. The highest BCUT2D eigenvalue weighted by Crippen LogP contribution is 2.24. The van der Waals surface area contributed by atoms with Crippen LogP contribution in [0.25, 0.3) is 0 Å². The van der Waals surface area contributed by atoms with Crippen LogP contribution in [0.5, 0.6) is 0 Å². The van der Waals surface area contributed by atoms with Gasteiger partial charge < -0.3 is 14.2 Å². The zero-order valence-corrected chi connectivity index (χ0v) is 17.4. The number of esters is 1. The molecule has 1 aromatic rings. The number of aromatic nitrogens is 2. The average Bonchev–Trinajstić information content (AvgIpc) is 2.87. The van der Waals surface area contributed by atoms with Gasteiger partial charge in [0.05, 0.1) is 24.0 Å². The molecule has 1 aromatic heterocycles. The van der Waals surface area contributed by atoms with E-state index in [1.807, 2.05) is 13.8 Å². The zero-order chi connectivity index (χ0) is 19.3. The van der Waals surface area contributed by atoms with Gasteiger partial charge in [-0.1, -0.05) is 25.6 Å². The van der Waals surface area contributed by atoms with Crippen molar-refractivity contribution in [2.24, 2.45) is 11.8 Å². The molecule has 1 atom stereocenters. The van der Waals surface area contributed by atoms with Crippen molar-refractivity contribution >= 4 is 23.6 Å². The number of hydrogen-bond acceptors (Lipinski definition) is 5. The third kappa shape index (κ3) is 5.25. The molecule has 0 radical (unpaired) electrons. The van der Waals surface area contributed by atoms with Crippen LogP contribution >= 0.6 is 11.8 Å². The van der Waals surface area contributed by atoms with E-state index in [0.29, 0.717) is 31.4 Å². The maximum Gasteiger partial charge on any atom is 0.310 e. The van der Waals surface area contributed by atoms with E-state index >= 15 is 0 Å². The SMILES string of the molecule is CCOC(=O)C1CCCN(C(=O)CSc2nc(C)c(C)n2CC(C)C)C1. The first-order valence-corrected chi connectivity index (χ1v) is 10.4. The molecule has 0 spiro atoms. The number of carbonyl (C=O) groups is 2. The Kier molecular flexibility index (Phi) is 7.55. The summed E-state index contributed by atoms with van der Waals surface area (Å²) in [6, 6.07) is 0. The molecule has 0 aromatic carbocycles. The summed E-state index contributed by atoms with van der Waals surface area (Å²) in [5.74, 6) is 0.563. The van der Waals surface area contributed by atoms with Crippen LogP contribution in [-0.4, -0.2) is 51.8 Å². The van der Waals surface area contributed by atoms with E-state index in [0.717, 1.165) is 35.9 Å². The molecule has 0 aliphatic carbocycles. The lowest BCUT2D eigenvalue weighted by Crippen LogP contribution is -2.43. The molecule has 0 saturated carbocycles.